The molecule has 3 heteroatoms. The molecule has 1 aliphatic rings. The van der Waals surface area contributed by atoms with Crippen LogP contribution in [0.3, 0.4) is 0 Å². The van der Waals surface area contributed by atoms with Crippen molar-refractivity contribution in [2.75, 3.05) is 12.8 Å². The summed E-state index contributed by atoms with van der Waals surface area (Å²) in [5.74, 6) is 1.22. The molecule has 1 aromatic carbocycles. The fourth-order valence-corrected chi connectivity index (χ4v) is 3.29. The Morgan fingerprint density at radius 2 is 2.05 bits per heavy atom. The molecular weight excluding hydrogens is 254 g/mol. The number of piperidine rings is 1. The van der Waals surface area contributed by atoms with E-state index in [1.165, 1.54) is 12.0 Å². The topological polar surface area (TPSA) is 20.3 Å². The first-order valence-corrected chi connectivity index (χ1v) is 8.54. The summed E-state index contributed by atoms with van der Waals surface area (Å²) in [5, 5.41) is 0. The number of amides is 1. The first-order valence-electron chi connectivity index (χ1n) is 7.15. The van der Waals surface area contributed by atoms with Crippen LogP contribution in [-0.2, 0) is 5.75 Å². The molecule has 1 aromatic rings. The second kappa shape index (κ2) is 6.99. The standard InChI is InChI=1S/C16H23NOS/c1-3-15-6-4-5-11-17(15)16(18)14-9-7-13(8-10-14)12-19-2/h7-10,15H,3-6,11-12H2,1-2H3. The molecule has 1 amide bonds. The minimum atomic E-state index is 0.210. The van der Waals surface area contributed by atoms with Gasteiger partial charge in [0.1, 0.15) is 0 Å². The number of hydrogen-bond acceptors (Lipinski definition) is 2. The molecule has 19 heavy (non-hydrogen) atoms. The van der Waals surface area contributed by atoms with Crippen LogP contribution in [0.15, 0.2) is 24.3 Å². The lowest BCUT2D eigenvalue weighted by molar-refractivity contribution is 0.0608. The van der Waals surface area contributed by atoms with Crippen molar-refractivity contribution >= 4 is 17.7 Å². The van der Waals surface area contributed by atoms with Gasteiger partial charge < -0.3 is 4.90 Å². The van der Waals surface area contributed by atoms with Gasteiger partial charge in [0, 0.05) is 23.9 Å². The number of carbonyl (C=O) groups is 1. The van der Waals surface area contributed by atoms with Crippen molar-refractivity contribution in [3.63, 3.8) is 0 Å². The van der Waals surface area contributed by atoms with Crippen molar-refractivity contribution in [1.29, 1.82) is 0 Å². The van der Waals surface area contributed by atoms with E-state index in [4.69, 9.17) is 0 Å². The van der Waals surface area contributed by atoms with Gasteiger partial charge in [-0.25, -0.2) is 0 Å². The van der Waals surface area contributed by atoms with Crippen molar-refractivity contribution in [3.8, 4) is 0 Å². The molecule has 0 N–H and O–H groups in total. The Hall–Kier alpha value is -0.960. The van der Waals surface area contributed by atoms with Gasteiger partial charge >= 0.3 is 0 Å². The van der Waals surface area contributed by atoms with Crippen LogP contribution in [0.1, 0.15) is 48.5 Å². The number of likely N-dealkylation sites (tertiary alicyclic amines) is 1. The predicted octanol–water partition coefficient (Wildman–Crippen LogP) is 3.95. The molecule has 104 valence electrons. The summed E-state index contributed by atoms with van der Waals surface area (Å²) in [7, 11) is 0. The highest BCUT2D eigenvalue weighted by Crippen LogP contribution is 2.22. The summed E-state index contributed by atoms with van der Waals surface area (Å²) < 4.78 is 0. The van der Waals surface area contributed by atoms with Crippen molar-refractivity contribution in [2.45, 2.75) is 44.4 Å². The zero-order chi connectivity index (χ0) is 13.7. The summed E-state index contributed by atoms with van der Waals surface area (Å²) in [6, 6.07) is 8.56. The minimum absolute atomic E-state index is 0.210. The second-order valence-corrected chi connectivity index (χ2v) is 6.05. The van der Waals surface area contributed by atoms with Gasteiger partial charge in [0.2, 0.25) is 0 Å². The smallest absolute Gasteiger partial charge is 0.254 e. The zero-order valence-corrected chi connectivity index (χ0v) is 12.7. The molecule has 2 rings (SSSR count). The van der Waals surface area contributed by atoms with E-state index in [2.05, 4.69) is 30.2 Å². The summed E-state index contributed by atoms with van der Waals surface area (Å²) in [4.78, 5) is 14.6. The lowest BCUT2D eigenvalue weighted by Crippen LogP contribution is -2.43. The van der Waals surface area contributed by atoms with Crippen LogP contribution in [0, 0.1) is 0 Å². The average molecular weight is 277 g/mol. The molecule has 0 radical (unpaired) electrons. The van der Waals surface area contributed by atoms with Gasteiger partial charge in [0.25, 0.3) is 5.91 Å². The lowest BCUT2D eigenvalue weighted by atomic mass is 9.98. The lowest BCUT2D eigenvalue weighted by Gasteiger charge is -2.35. The van der Waals surface area contributed by atoms with E-state index in [0.29, 0.717) is 6.04 Å². The fraction of sp³-hybridized carbons (Fsp3) is 0.562. The number of nitrogens with zero attached hydrogens (tertiary/aromatic N) is 1. The number of thioether (sulfide) groups is 1. The van der Waals surface area contributed by atoms with Crippen LogP contribution in [-0.4, -0.2) is 29.6 Å². The summed E-state index contributed by atoms with van der Waals surface area (Å²) in [5.41, 5.74) is 2.12. The first-order chi connectivity index (χ1) is 9.26. The Balaban J connectivity index is 2.09. The van der Waals surface area contributed by atoms with Crippen LogP contribution in [0.4, 0.5) is 0 Å². The SMILES string of the molecule is CCC1CCCCN1C(=O)c1ccc(CSC)cc1. The molecule has 1 atom stereocenters. The maximum Gasteiger partial charge on any atom is 0.254 e. The third kappa shape index (κ3) is 3.53. The van der Waals surface area contributed by atoms with E-state index in [0.717, 1.165) is 37.1 Å². The van der Waals surface area contributed by atoms with Gasteiger partial charge in [-0.2, -0.15) is 11.8 Å². The normalized spacial score (nSPS) is 19.5. The number of benzene rings is 1. The predicted molar refractivity (Wildman–Crippen MR) is 82.6 cm³/mol. The number of rotatable bonds is 4. The van der Waals surface area contributed by atoms with Gasteiger partial charge in [0.15, 0.2) is 0 Å². The highest BCUT2D eigenvalue weighted by atomic mass is 32.2. The molecule has 1 saturated heterocycles. The largest absolute Gasteiger partial charge is 0.336 e. The Labute approximate surface area is 120 Å². The van der Waals surface area contributed by atoms with E-state index in [9.17, 15) is 4.79 Å². The minimum Gasteiger partial charge on any atom is -0.336 e. The molecule has 1 unspecified atom stereocenters. The van der Waals surface area contributed by atoms with E-state index < -0.39 is 0 Å². The summed E-state index contributed by atoms with van der Waals surface area (Å²) in [6.07, 6.45) is 6.73. The third-order valence-corrected chi connectivity index (χ3v) is 4.49. The Morgan fingerprint density at radius 1 is 1.32 bits per heavy atom. The maximum absolute atomic E-state index is 12.6. The van der Waals surface area contributed by atoms with Gasteiger partial charge in [-0.1, -0.05) is 19.1 Å². The molecule has 0 aliphatic carbocycles. The van der Waals surface area contributed by atoms with E-state index in [1.54, 1.807) is 11.8 Å². The third-order valence-electron chi connectivity index (χ3n) is 3.87. The first kappa shape index (κ1) is 14.4. The molecular formula is C16H23NOS. The highest BCUT2D eigenvalue weighted by molar-refractivity contribution is 7.97. The van der Waals surface area contributed by atoms with Crippen molar-refractivity contribution in [2.24, 2.45) is 0 Å². The molecule has 0 bridgehead atoms. The molecule has 2 nitrogen and oxygen atoms in total. The average Bonchev–Trinajstić information content (AvgIpc) is 2.47. The van der Waals surface area contributed by atoms with Crippen molar-refractivity contribution < 1.29 is 4.79 Å². The van der Waals surface area contributed by atoms with Crippen LogP contribution in [0.2, 0.25) is 0 Å². The molecule has 1 heterocycles. The van der Waals surface area contributed by atoms with Crippen molar-refractivity contribution in [1.82, 2.24) is 4.90 Å². The summed E-state index contributed by atoms with van der Waals surface area (Å²) >= 11 is 1.81. The molecule has 0 aromatic heterocycles. The van der Waals surface area contributed by atoms with Crippen LogP contribution in [0.5, 0.6) is 0 Å². The van der Waals surface area contributed by atoms with Gasteiger partial charge in [-0.15, -0.1) is 0 Å². The zero-order valence-electron chi connectivity index (χ0n) is 11.9. The van der Waals surface area contributed by atoms with E-state index >= 15 is 0 Å². The quantitative estimate of drug-likeness (QED) is 0.830. The van der Waals surface area contributed by atoms with Gasteiger partial charge in [-0.3, -0.25) is 4.79 Å². The molecule has 1 fully saturated rings. The Morgan fingerprint density at radius 3 is 2.68 bits per heavy atom. The number of carbonyl (C=O) groups excluding carboxylic acids is 1. The van der Waals surface area contributed by atoms with Crippen LogP contribution in [0.25, 0.3) is 0 Å². The number of hydrogen-bond donors (Lipinski definition) is 0. The second-order valence-electron chi connectivity index (χ2n) is 5.19. The van der Waals surface area contributed by atoms with Crippen LogP contribution < -0.4 is 0 Å². The molecule has 0 saturated carbocycles. The Bertz CT molecular complexity index is 415. The maximum atomic E-state index is 12.6. The van der Waals surface area contributed by atoms with E-state index in [-0.39, 0.29) is 5.91 Å². The summed E-state index contributed by atoms with van der Waals surface area (Å²) in [6.45, 7) is 3.10. The fourth-order valence-electron chi connectivity index (χ4n) is 2.77. The molecule has 1 aliphatic heterocycles. The Kier molecular flexibility index (Phi) is 5.32. The van der Waals surface area contributed by atoms with Gasteiger partial charge in [-0.05, 0) is 49.6 Å². The van der Waals surface area contributed by atoms with Crippen LogP contribution >= 0.6 is 11.8 Å². The van der Waals surface area contributed by atoms with E-state index in [1.807, 2.05) is 12.1 Å². The van der Waals surface area contributed by atoms with Gasteiger partial charge in [0.05, 0.1) is 0 Å². The highest BCUT2D eigenvalue weighted by Gasteiger charge is 2.25. The molecule has 0 spiro atoms. The van der Waals surface area contributed by atoms with Crippen molar-refractivity contribution in [3.05, 3.63) is 35.4 Å². The monoisotopic (exact) mass is 277 g/mol.